The Balaban J connectivity index is 1.89. The van der Waals surface area contributed by atoms with Gasteiger partial charge in [-0.2, -0.15) is 5.26 Å². The first-order valence-electron chi connectivity index (χ1n) is 7.29. The lowest BCUT2D eigenvalue weighted by Crippen LogP contribution is -2.13. The molecule has 0 amide bonds. The average molecular weight is 282 g/mol. The number of aromatic nitrogens is 2. The second-order valence-electron chi connectivity index (χ2n) is 5.48. The van der Waals surface area contributed by atoms with Crippen molar-refractivity contribution in [2.45, 2.75) is 45.6 Å². The van der Waals surface area contributed by atoms with Crippen LogP contribution in [0.3, 0.4) is 0 Å². The molecule has 0 spiro atoms. The Morgan fingerprint density at radius 2 is 2.19 bits per heavy atom. The second kappa shape index (κ2) is 5.57. The fraction of sp³-hybridized carbons (Fsp3) is 0.438. The topological polar surface area (TPSA) is 74.7 Å². The first-order valence-corrected chi connectivity index (χ1v) is 7.29. The third-order valence-electron chi connectivity index (χ3n) is 3.78. The number of anilines is 1. The van der Waals surface area contributed by atoms with E-state index in [0.717, 1.165) is 24.3 Å². The quantitative estimate of drug-likeness (QED) is 0.934. The lowest BCUT2D eigenvalue weighted by atomic mass is 9.95. The van der Waals surface area contributed by atoms with Gasteiger partial charge >= 0.3 is 0 Å². The lowest BCUT2D eigenvalue weighted by Gasteiger charge is -2.18. The number of oxazole rings is 1. The highest BCUT2D eigenvalue weighted by Crippen LogP contribution is 2.26. The van der Waals surface area contributed by atoms with Crippen molar-refractivity contribution in [2.24, 2.45) is 0 Å². The van der Waals surface area contributed by atoms with Gasteiger partial charge in [0.1, 0.15) is 23.7 Å². The average Bonchev–Trinajstić information content (AvgIpc) is 2.93. The molecule has 5 heteroatoms. The fourth-order valence-electron chi connectivity index (χ4n) is 2.67. The van der Waals surface area contributed by atoms with E-state index in [0.29, 0.717) is 17.3 Å². The van der Waals surface area contributed by atoms with Crippen LogP contribution in [-0.4, -0.2) is 9.97 Å². The molecule has 1 unspecified atom stereocenters. The molecule has 1 N–H and O–H groups in total. The Hall–Kier alpha value is -2.35. The van der Waals surface area contributed by atoms with Crippen LogP contribution >= 0.6 is 0 Å². The Labute approximate surface area is 124 Å². The van der Waals surface area contributed by atoms with Gasteiger partial charge in [0.2, 0.25) is 5.89 Å². The summed E-state index contributed by atoms with van der Waals surface area (Å²) in [6.07, 6.45) is 6.05. The van der Waals surface area contributed by atoms with Crippen LogP contribution in [0, 0.1) is 18.3 Å². The molecule has 1 aliphatic rings. The van der Waals surface area contributed by atoms with Gasteiger partial charge in [-0.25, -0.2) is 9.97 Å². The molecule has 0 aromatic carbocycles. The zero-order valence-corrected chi connectivity index (χ0v) is 12.3. The molecule has 0 aliphatic heterocycles. The van der Waals surface area contributed by atoms with Crippen molar-refractivity contribution in [3.8, 4) is 6.07 Å². The predicted molar refractivity (Wildman–Crippen MR) is 78.9 cm³/mol. The number of fused-ring (bicyclic) bond motifs is 1. The zero-order valence-electron chi connectivity index (χ0n) is 12.3. The second-order valence-corrected chi connectivity index (χ2v) is 5.48. The van der Waals surface area contributed by atoms with Crippen molar-refractivity contribution in [1.29, 1.82) is 5.26 Å². The predicted octanol–water partition coefficient (Wildman–Crippen LogP) is 3.30. The normalized spacial score (nSPS) is 15.1. The molecule has 0 saturated carbocycles. The van der Waals surface area contributed by atoms with E-state index >= 15 is 0 Å². The van der Waals surface area contributed by atoms with Crippen LogP contribution in [0.1, 0.15) is 54.3 Å². The van der Waals surface area contributed by atoms with E-state index in [-0.39, 0.29) is 6.04 Å². The van der Waals surface area contributed by atoms with Gasteiger partial charge in [0.15, 0.2) is 0 Å². The molecule has 108 valence electrons. The van der Waals surface area contributed by atoms with Gasteiger partial charge in [0, 0.05) is 5.69 Å². The van der Waals surface area contributed by atoms with Crippen molar-refractivity contribution < 1.29 is 4.42 Å². The zero-order chi connectivity index (χ0) is 14.8. The van der Waals surface area contributed by atoms with Crippen molar-refractivity contribution in [3.05, 3.63) is 40.7 Å². The third kappa shape index (κ3) is 2.75. The summed E-state index contributed by atoms with van der Waals surface area (Å²) in [6, 6.07) is 4.08. The summed E-state index contributed by atoms with van der Waals surface area (Å²) in [5.74, 6) is 2.01. The molecule has 2 heterocycles. The highest BCUT2D eigenvalue weighted by Gasteiger charge is 2.18. The summed E-state index contributed by atoms with van der Waals surface area (Å²) >= 11 is 0. The van der Waals surface area contributed by atoms with Crippen LogP contribution in [0.5, 0.6) is 0 Å². The molecule has 2 aromatic rings. The smallest absolute Gasteiger partial charge is 0.216 e. The first-order chi connectivity index (χ1) is 10.2. The number of pyridine rings is 1. The Kier molecular flexibility index (Phi) is 3.61. The van der Waals surface area contributed by atoms with Crippen molar-refractivity contribution in [3.63, 3.8) is 0 Å². The van der Waals surface area contributed by atoms with E-state index < -0.39 is 0 Å². The SMILES string of the molecule is Cc1cnc(C(C)Nc2nc3c(cc2C#N)CCCC3)o1. The van der Waals surface area contributed by atoms with Gasteiger partial charge in [-0.05, 0) is 51.2 Å². The molecular formula is C16H18N4O. The minimum atomic E-state index is -0.125. The summed E-state index contributed by atoms with van der Waals surface area (Å²) in [5, 5.41) is 12.6. The molecule has 21 heavy (non-hydrogen) atoms. The Morgan fingerprint density at radius 3 is 2.90 bits per heavy atom. The number of nitrogens with one attached hydrogen (secondary N) is 1. The van der Waals surface area contributed by atoms with Crippen LogP contribution < -0.4 is 5.32 Å². The molecule has 0 fully saturated rings. The molecule has 2 aromatic heterocycles. The van der Waals surface area contributed by atoms with E-state index in [9.17, 15) is 5.26 Å². The lowest BCUT2D eigenvalue weighted by molar-refractivity contribution is 0.453. The fourth-order valence-corrected chi connectivity index (χ4v) is 2.67. The highest BCUT2D eigenvalue weighted by molar-refractivity contribution is 5.55. The number of rotatable bonds is 3. The van der Waals surface area contributed by atoms with Crippen LogP contribution in [0.25, 0.3) is 0 Å². The van der Waals surface area contributed by atoms with E-state index in [2.05, 4.69) is 21.4 Å². The van der Waals surface area contributed by atoms with Crippen LogP contribution in [0.2, 0.25) is 0 Å². The largest absolute Gasteiger partial charge is 0.444 e. The minimum absolute atomic E-state index is 0.125. The third-order valence-corrected chi connectivity index (χ3v) is 3.78. The number of hydrogen-bond acceptors (Lipinski definition) is 5. The summed E-state index contributed by atoms with van der Waals surface area (Å²) in [5.41, 5.74) is 2.91. The summed E-state index contributed by atoms with van der Waals surface area (Å²) in [6.45, 7) is 3.81. The molecule has 3 rings (SSSR count). The molecular weight excluding hydrogens is 264 g/mol. The molecule has 0 radical (unpaired) electrons. The number of nitrogens with zero attached hydrogens (tertiary/aromatic N) is 3. The van der Waals surface area contributed by atoms with Gasteiger partial charge in [-0.1, -0.05) is 0 Å². The van der Waals surface area contributed by atoms with Gasteiger partial charge in [0.25, 0.3) is 0 Å². The van der Waals surface area contributed by atoms with E-state index in [4.69, 9.17) is 4.42 Å². The molecule has 0 saturated heterocycles. The van der Waals surface area contributed by atoms with Gasteiger partial charge in [-0.15, -0.1) is 0 Å². The van der Waals surface area contributed by atoms with Gasteiger partial charge in [-0.3, -0.25) is 0 Å². The maximum absolute atomic E-state index is 9.34. The van der Waals surface area contributed by atoms with Gasteiger partial charge < -0.3 is 9.73 Å². The van der Waals surface area contributed by atoms with Crippen LogP contribution in [-0.2, 0) is 12.8 Å². The summed E-state index contributed by atoms with van der Waals surface area (Å²) < 4.78 is 5.52. The number of aryl methyl sites for hydroxylation is 3. The van der Waals surface area contributed by atoms with E-state index in [1.54, 1.807) is 6.20 Å². The van der Waals surface area contributed by atoms with E-state index in [1.165, 1.54) is 18.4 Å². The molecule has 1 atom stereocenters. The minimum Gasteiger partial charge on any atom is -0.444 e. The van der Waals surface area contributed by atoms with Crippen molar-refractivity contribution >= 4 is 5.82 Å². The Morgan fingerprint density at radius 1 is 1.38 bits per heavy atom. The monoisotopic (exact) mass is 282 g/mol. The van der Waals surface area contributed by atoms with Crippen LogP contribution in [0.15, 0.2) is 16.7 Å². The molecule has 5 nitrogen and oxygen atoms in total. The molecule has 1 aliphatic carbocycles. The van der Waals surface area contributed by atoms with Gasteiger partial charge in [0.05, 0.1) is 11.8 Å². The number of nitriles is 1. The van der Waals surface area contributed by atoms with Crippen molar-refractivity contribution in [2.75, 3.05) is 5.32 Å². The maximum atomic E-state index is 9.34. The standard InChI is InChI=1S/C16H18N4O/c1-10-9-18-16(21-10)11(2)19-15-13(8-17)7-12-5-3-4-6-14(12)20-15/h7,9,11H,3-6H2,1-2H3,(H,19,20). The first kappa shape index (κ1) is 13.6. The summed E-state index contributed by atoms with van der Waals surface area (Å²) in [7, 11) is 0. The number of hydrogen-bond donors (Lipinski definition) is 1. The van der Waals surface area contributed by atoms with Crippen molar-refractivity contribution in [1.82, 2.24) is 9.97 Å². The van der Waals surface area contributed by atoms with E-state index in [1.807, 2.05) is 19.9 Å². The molecule has 0 bridgehead atoms. The van der Waals surface area contributed by atoms with Crippen LogP contribution in [0.4, 0.5) is 5.82 Å². The maximum Gasteiger partial charge on any atom is 0.216 e. The summed E-state index contributed by atoms with van der Waals surface area (Å²) in [4.78, 5) is 8.87. The highest BCUT2D eigenvalue weighted by atomic mass is 16.4. The Bertz CT molecular complexity index is 699.